The number of phenols is 1. The number of aromatic hydroxyl groups is 1. The quantitative estimate of drug-likeness (QED) is 0.624. The molecule has 0 fully saturated rings. The summed E-state index contributed by atoms with van der Waals surface area (Å²) in [5.41, 5.74) is 4.85. The molecule has 3 heteroatoms. The van der Waals surface area contributed by atoms with Crippen molar-refractivity contribution in [3.05, 3.63) is 30.3 Å². The molecule has 0 aliphatic carbocycles. The highest BCUT2D eigenvalue weighted by atomic mass is 32.1. The summed E-state index contributed by atoms with van der Waals surface area (Å²) in [4.78, 5) is 0. The van der Waals surface area contributed by atoms with Crippen LogP contribution in [0.2, 0.25) is 0 Å². The minimum absolute atomic E-state index is 0. The van der Waals surface area contributed by atoms with Crippen LogP contribution in [0.25, 0.3) is 0 Å². The third kappa shape index (κ3) is 9.33. The number of benzene rings is 1. The average Bonchev–Trinajstić information content (AvgIpc) is 1.91. The topological polar surface area (TPSA) is 46.2 Å². The van der Waals surface area contributed by atoms with Crippen molar-refractivity contribution in [1.29, 1.82) is 0 Å². The molecule has 1 aromatic rings. The van der Waals surface area contributed by atoms with Gasteiger partial charge in [-0.15, -0.1) is 0 Å². The predicted molar refractivity (Wildman–Crippen MR) is 53.2 cm³/mol. The molecular formula is C8H15NOS. The third-order valence-electron chi connectivity index (χ3n) is 0.756. The van der Waals surface area contributed by atoms with Crippen LogP contribution in [0.5, 0.6) is 5.75 Å². The number of hydrogen-bond acceptors (Lipinski definition) is 2. The lowest BCUT2D eigenvalue weighted by Gasteiger charge is -1.82. The Kier molecular flexibility index (Phi) is 11.0. The lowest BCUT2D eigenvalue weighted by Crippen LogP contribution is -1.87. The number of phenolic OH excluding ortho intramolecular Hbond substituents is 1. The number of hydrogen-bond donors (Lipinski definition) is 2. The normalized spacial score (nSPS) is 7.09. The highest BCUT2D eigenvalue weighted by molar-refractivity contribution is 7.59. The Labute approximate surface area is 74.5 Å². The lowest BCUT2D eigenvalue weighted by molar-refractivity contribution is 0.475. The smallest absolute Gasteiger partial charge is 0.115 e. The first-order valence-electron chi connectivity index (χ1n) is 3.25. The van der Waals surface area contributed by atoms with E-state index in [-0.39, 0.29) is 13.5 Å². The molecule has 0 aliphatic heterocycles. The van der Waals surface area contributed by atoms with E-state index in [0.717, 1.165) is 6.54 Å². The van der Waals surface area contributed by atoms with Crippen molar-refractivity contribution in [2.75, 3.05) is 6.54 Å². The van der Waals surface area contributed by atoms with Crippen LogP contribution in [0.15, 0.2) is 30.3 Å². The van der Waals surface area contributed by atoms with Gasteiger partial charge in [0, 0.05) is 0 Å². The van der Waals surface area contributed by atoms with E-state index in [2.05, 4.69) is 0 Å². The maximum atomic E-state index is 8.63. The van der Waals surface area contributed by atoms with Gasteiger partial charge in [0.05, 0.1) is 0 Å². The van der Waals surface area contributed by atoms with E-state index in [9.17, 15) is 0 Å². The molecule has 0 aromatic heterocycles. The molecule has 0 aliphatic rings. The second-order valence-electron chi connectivity index (χ2n) is 1.74. The Morgan fingerprint density at radius 3 is 1.82 bits per heavy atom. The van der Waals surface area contributed by atoms with Gasteiger partial charge in [-0.2, -0.15) is 13.5 Å². The molecule has 1 rings (SSSR count). The number of nitrogens with two attached hydrogens (primary N) is 1. The zero-order chi connectivity index (χ0) is 7.82. The molecule has 1 aromatic carbocycles. The molecular weight excluding hydrogens is 158 g/mol. The van der Waals surface area contributed by atoms with E-state index in [1.807, 2.05) is 13.0 Å². The summed E-state index contributed by atoms with van der Waals surface area (Å²) in [6, 6.07) is 8.71. The molecule has 3 N–H and O–H groups in total. The molecule has 0 spiro atoms. The first kappa shape index (κ1) is 13.0. The number of para-hydroxylation sites is 1. The van der Waals surface area contributed by atoms with Gasteiger partial charge >= 0.3 is 0 Å². The standard InChI is InChI=1S/C6H6O.C2H7N.H2S/c7-6-4-2-1-3-5-6;1-2-3;/h1-5,7H;2-3H2,1H3;1H2. The van der Waals surface area contributed by atoms with Gasteiger partial charge in [0.2, 0.25) is 0 Å². The predicted octanol–water partition coefficient (Wildman–Crippen LogP) is 1.47. The molecule has 64 valence electrons. The lowest BCUT2D eigenvalue weighted by atomic mass is 10.3. The molecule has 11 heavy (non-hydrogen) atoms. The summed E-state index contributed by atoms with van der Waals surface area (Å²) < 4.78 is 0. The Morgan fingerprint density at radius 2 is 1.64 bits per heavy atom. The van der Waals surface area contributed by atoms with Gasteiger partial charge in [-0.3, -0.25) is 0 Å². The van der Waals surface area contributed by atoms with E-state index in [4.69, 9.17) is 10.8 Å². The van der Waals surface area contributed by atoms with E-state index in [1.165, 1.54) is 0 Å². The molecule has 0 heterocycles. The van der Waals surface area contributed by atoms with Crippen LogP contribution in [0.1, 0.15) is 6.92 Å². The van der Waals surface area contributed by atoms with Gasteiger partial charge in [0.15, 0.2) is 0 Å². The van der Waals surface area contributed by atoms with Crippen LogP contribution >= 0.6 is 13.5 Å². The molecule has 0 saturated heterocycles. The fourth-order valence-corrected chi connectivity index (χ4v) is 0.428. The molecule has 2 nitrogen and oxygen atoms in total. The van der Waals surface area contributed by atoms with Crippen molar-refractivity contribution in [2.24, 2.45) is 5.73 Å². The summed E-state index contributed by atoms with van der Waals surface area (Å²) in [7, 11) is 0. The Morgan fingerprint density at radius 1 is 1.27 bits per heavy atom. The van der Waals surface area contributed by atoms with Gasteiger partial charge in [-0.25, -0.2) is 0 Å². The summed E-state index contributed by atoms with van der Waals surface area (Å²) >= 11 is 0. The van der Waals surface area contributed by atoms with Crippen molar-refractivity contribution in [3.8, 4) is 5.75 Å². The Bertz CT molecular complexity index is 155. The summed E-state index contributed by atoms with van der Waals surface area (Å²) in [5, 5.41) is 8.63. The van der Waals surface area contributed by atoms with Gasteiger partial charge in [-0.1, -0.05) is 25.1 Å². The van der Waals surface area contributed by atoms with Crippen LogP contribution in [0, 0.1) is 0 Å². The zero-order valence-corrected chi connectivity index (χ0v) is 7.62. The van der Waals surface area contributed by atoms with Gasteiger partial charge in [0.1, 0.15) is 5.75 Å². The maximum Gasteiger partial charge on any atom is 0.115 e. The van der Waals surface area contributed by atoms with Crippen molar-refractivity contribution >= 4 is 13.5 Å². The third-order valence-corrected chi connectivity index (χ3v) is 0.756. The van der Waals surface area contributed by atoms with E-state index in [0.29, 0.717) is 5.75 Å². The van der Waals surface area contributed by atoms with Crippen molar-refractivity contribution in [1.82, 2.24) is 0 Å². The van der Waals surface area contributed by atoms with E-state index in [1.54, 1.807) is 24.3 Å². The largest absolute Gasteiger partial charge is 0.508 e. The van der Waals surface area contributed by atoms with E-state index >= 15 is 0 Å². The van der Waals surface area contributed by atoms with Crippen molar-refractivity contribution < 1.29 is 5.11 Å². The second-order valence-corrected chi connectivity index (χ2v) is 1.74. The molecule has 0 atom stereocenters. The zero-order valence-electron chi connectivity index (χ0n) is 6.62. The highest BCUT2D eigenvalue weighted by Gasteiger charge is 1.74. The van der Waals surface area contributed by atoms with Gasteiger partial charge in [0.25, 0.3) is 0 Å². The summed E-state index contributed by atoms with van der Waals surface area (Å²) in [6.07, 6.45) is 0. The molecule has 0 saturated carbocycles. The Balaban J connectivity index is 0. The van der Waals surface area contributed by atoms with Crippen LogP contribution in [0.4, 0.5) is 0 Å². The minimum Gasteiger partial charge on any atom is -0.508 e. The molecule has 0 unspecified atom stereocenters. The minimum atomic E-state index is 0. The van der Waals surface area contributed by atoms with Gasteiger partial charge < -0.3 is 10.8 Å². The molecule has 0 bridgehead atoms. The highest BCUT2D eigenvalue weighted by Crippen LogP contribution is 2.02. The summed E-state index contributed by atoms with van der Waals surface area (Å²) in [6.45, 7) is 2.65. The van der Waals surface area contributed by atoms with Gasteiger partial charge in [-0.05, 0) is 18.7 Å². The fourth-order valence-electron chi connectivity index (χ4n) is 0.428. The summed E-state index contributed by atoms with van der Waals surface area (Å²) in [5.74, 6) is 0.322. The second kappa shape index (κ2) is 9.33. The Hall–Kier alpha value is -0.670. The maximum absolute atomic E-state index is 8.63. The molecule has 0 radical (unpaired) electrons. The van der Waals surface area contributed by atoms with Crippen LogP contribution < -0.4 is 5.73 Å². The van der Waals surface area contributed by atoms with Crippen LogP contribution in [-0.4, -0.2) is 11.7 Å². The monoisotopic (exact) mass is 173 g/mol. The average molecular weight is 173 g/mol. The van der Waals surface area contributed by atoms with E-state index < -0.39 is 0 Å². The first-order valence-corrected chi connectivity index (χ1v) is 3.25. The SMILES string of the molecule is CCN.Oc1ccccc1.S. The fraction of sp³-hybridized carbons (Fsp3) is 0.250. The molecule has 0 amide bonds. The van der Waals surface area contributed by atoms with Crippen molar-refractivity contribution in [2.45, 2.75) is 6.92 Å². The first-order chi connectivity index (χ1) is 4.81. The van der Waals surface area contributed by atoms with Crippen LogP contribution in [0.3, 0.4) is 0 Å². The number of rotatable bonds is 0. The van der Waals surface area contributed by atoms with Crippen molar-refractivity contribution in [3.63, 3.8) is 0 Å². The van der Waals surface area contributed by atoms with Crippen LogP contribution in [-0.2, 0) is 0 Å².